The van der Waals surface area contributed by atoms with Crippen LogP contribution >= 0.6 is 0 Å². The molecule has 2 aromatic carbocycles. The third-order valence-electron chi connectivity index (χ3n) is 5.35. The molecule has 0 bridgehead atoms. The lowest BCUT2D eigenvalue weighted by Crippen LogP contribution is -2.46. The van der Waals surface area contributed by atoms with Crippen molar-refractivity contribution in [1.29, 1.82) is 0 Å². The van der Waals surface area contributed by atoms with Crippen LogP contribution in [0.2, 0.25) is 0 Å². The zero-order chi connectivity index (χ0) is 18.4. The van der Waals surface area contributed by atoms with E-state index in [2.05, 4.69) is 29.2 Å². The van der Waals surface area contributed by atoms with E-state index in [0.29, 0.717) is 0 Å². The quantitative estimate of drug-likeness (QED) is 0.825. The lowest BCUT2D eigenvalue weighted by Gasteiger charge is -2.42. The maximum Gasteiger partial charge on any atom is 0.119 e. The maximum absolute atomic E-state index is 10.2. The highest BCUT2D eigenvalue weighted by Crippen LogP contribution is 2.34. The first-order valence-electron chi connectivity index (χ1n) is 9.25. The van der Waals surface area contributed by atoms with E-state index in [1.807, 2.05) is 24.3 Å². The molecule has 0 saturated carbocycles. The first-order chi connectivity index (χ1) is 12.7. The molecule has 0 aliphatic carbocycles. The molecule has 0 spiro atoms. The summed E-state index contributed by atoms with van der Waals surface area (Å²) in [5.41, 5.74) is 2.42. The lowest BCUT2D eigenvalue weighted by atomic mass is 9.75. The van der Waals surface area contributed by atoms with Gasteiger partial charge in [0.2, 0.25) is 0 Å². The Hall–Kier alpha value is -2.04. The van der Waals surface area contributed by atoms with Gasteiger partial charge in [0.25, 0.3) is 0 Å². The minimum atomic E-state index is -0.0862. The zero-order valence-electron chi connectivity index (χ0n) is 15.8. The van der Waals surface area contributed by atoms with Gasteiger partial charge in [-0.1, -0.05) is 24.3 Å². The normalized spacial score (nSPS) is 20.7. The van der Waals surface area contributed by atoms with E-state index in [9.17, 15) is 5.11 Å². The van der Waals surface area contributed by atoms with Crippen LogP contribution in [0.1, 0.15) is 24.0 Å². The Morgan fingerprint density at radius 1 is 1.00 bits per heavy atom. The summed E-state index contributed by atoms with van der Waals surface area (Å²) in [6.07, 6.45) is 3.04. The summed E-state index contributed by atoms with van der Waals surface area (Å²) in [4.78, 5) is 2.46. The van der Waals surface area contributed by atoms with Crippen LogP contribution < -0.4 is 9.47 Å². The number of benzene rings is 2. The first-order valence-corrected chi connectivity index (χ1v) is 9.25. The van der Waals surface area contributed by atoms with Gasteiger partial charge in [0.05, 0.1) is 20.8 Å². The highest BCUT2D eigenvalue weighted by atomic mass is 16.5. The smallest absolute Gasteiger partial charge is 0.119 e. The molecule has 26 heavy (non-hydrogen) atoms. The van der Waals surface area contributed by atoms with Crippen molar-refractivity contribution >= 4 is 0 Å². The van der Waals surface area contributed by atoms with Crippen LogP contribution in [0.3, 0.4) is 0 Å². The molecular weight excluding hydrogens is 326 g/mol. The molecule has 1 saturated heterocycles. The van der Waals surface area contributed by atoms with Crippen LogP contribution in [0.5, 0.6) is 11.5 Å². The van der Waals surface area contributed by atoms with Crippen LogP contribution in [-0.4, -0.2) is 43.9 Å². The van der Waals surface area contributed by atoms with Crippen LogP contribution in [-0.2, 0) is 13.0 Å². The summed E-state index contributed by atoms with van der Waals surface area (Å²) in [6.45, 7) is 3.10. The Balaban J connectivity index is 1.69. The van der Waals surface area contributed by atoms with Gasteiger partial charge in [-0.2, -0.15) is 0 Å². The van der Waals surface area contributed by atoms with Crippen molar-refractivity contribution in [3.63, 3.8) is 0 Å². The van der Waals surface area contributed by atoms with E-state index in [1.54, 1.807) is 14.2 Å². The van der Waals surface area contributed by atoms with E-state index in [-0.39, 0.29) is 12.0 Å². The standard InChI is InChI=1S/C22H29NO3/c1-25-20-9-7-18(8-10-20)15-23-12-4-11-22(16-23,17-24)14-19-5-3-6-21(13-19)26-2/h3,5-10,13,24H,4,11-12,14-17H2,1-2H3. The number of hydrogen-bond acceptors (Lipinski definition) is 4. The molecule has 1 fully saturated rings. The lowest BCUT2D eigenvalue weighted by molar-refractivity contribution is 0.0288. The van der Waals surface area contributed by atoms with Crippen LogP contribution in [0.4, 0.5) is 0 Å². The van der Waals surface area contributed by atoms with Crippen molar-refractivity contribution in [2.75, 3.05) is 33.9 Å². The predicted octanol–water partition coefficient (Wildman–Crippen LogP) is 3.52. The molecule has 1 aliphatic rings. The van der Waals surface area contributed by atoms with Gasteiger partial charge in [-0.05, 0) is 61.2 Å². The number of rotatable bonds is 7. The second kappa shape index (κ2) is 8.56. The average molecular weight is 355 g/mol. The Bertz CT molecular complexity index is 701. The highest BCUT2D eigenvalue weighted by Gasteiger charge is 2.35. The molecule has 2 aromatic rings. The van der Waals surface area contributed by atoms with E-state index < -0.39 is 0 Å². The van der Waals surface area contributed by atoms with Gasteiger partial charge in [0.1, 0.15) is 11.5 Å². The fourth-order valence-electron chi connectivity index (χ4n) is 3.98. The Morgan fingerprint density at radius 3 is 2.46 bits per heavy atom. The van der Waals surface area contributed by atoms with Gasteiger partial charge in [-0.15, -0.1) is 0 Å². The number of likely N-dealkylation sites (tertiary alicyclic amines) is 1. The van der Waals surface area contributed by atoms with Gasteiger partial charge in [-0.3, -0.25) is 4.90 Å². The van der Waals surface area contributed by atoms with E-state index in [1.165, 1.54) is 11.1 Å². The largest absolute Gasteiger partial charge is 0.497 e. The topological polar surface area (TPSA) is 41.9 Å². The second-order valence-corrected chi connectivity index (χ2v) is 7.35. The molecule has 3 rings (SSSR count). The van der Waals surface area contributed by atoms with Crippen molar-refractivity contribution < 1.29 is 14.6 Å². The monoisotopic (exact) mass is 355 g/mol. The predicted molar refractivity (Wildman–Crippen MR) is 104 cm³/mol. The van der Waals surface area contributed by atoms with Gasteiger partial charge in [0.15, 0.2) is 0 Å². The second-order valence-electron chi connectivity index (χ2n) is 7.35. The fraction of sp³-hybridized carbons (Fsp3) is 0.455. The molecule has 140 valence electrons. The van der Waals surface area contributed by atoms with Gasteiger partial charge in [0, 0.05) is 18.5 Å². The van der Waals surface area contributed by atoms with Gasteiger partial charge < -0.3 is 14.6 Å². The fourth-order valence-corrected chi connectivity index (χ4v) is 3.98. The van der Waals surface area contributed by atoms with E-state index in [0.717, 1.165) is 50.4 Å². The number of nitrogens with zero attached hydrogens (tertiary/aromatic N) is 1. The first kappa shape index (κ1) is 18.7. The summed E-state index contributed by atoms with van der Waals surface area (Å²) in [5.74, 6) is 1.76. The molecule has 4 nitrogen and oxygen atoms in total. The van der Waals surface area contributed by atoms with Crippen LogP contribution in [0.25, 0.3) is 0 Å². The van der Waals surface area contributed by atoms with E-state index in [4.69, 9.17) is 9.47 Å². The molecule has 1 unspecified atom stereocenters. The molecule has 0 aromatic heterocycles. The Labute approximate surface area is 156 Å². The zero-order valence-corrected chi connectivity index (χ0v) is 15.8. The molecule has 0 radical (unpaired) electrons. The van der Waals surface area contributed by atoms with E-state index >= 15 is 0 Å². The summed E-state index contributed by atoms with van der Waals surface area (Å²) in [5, 5.41) is 10.2. The molecule has 4 heteroatoms. The number of hydrogen-bond donors (Lipinski definition) is 1. The summed E-state index contributed by atoms with van der Waals surface area (Å²) < 4.78 is 10.6. The number of aliphatic hydroxyl groups excluding tert-OH is 1. The van der Waals surface area contributed by atoms with Crippen molar-refractivity contribution in [3.8, 4) is 11.5 Å². The number of aliphatic hydroxyl groups is 1. The average Bonchev–Trinajstić information content (AvgIpc) is 2.69. The summed E-state index contributed by atoms with van der Waals surface area (Å²) in [7, 11) is 3.38. The molecule has 1 heterocycles. The molecular formula is C22H29NO3. The minimum absolute atomic E-state index is 0.0862. The Kier molecular flexibility index (Phi) is 6.17. The summed E-state index contributed by atoms with van der Waals surface area (Å²) >= 11 is 0. The Morgan fingerprint density at radius 2 is 1.77 bits per heavy atom. The van der Waals surface area contributed by atoms with Crippen LogP contribution in [0, 0.1) is 5.41 Å². The van der Waals surface area contributed by atoms with Crippen molar-refractivity contribution in [1.82, 2.24) is 4.90 Å². The van der Waals surface area contributed by atoms with Crippen molar-refractivity contribution in [2.45, 2.75) is 25.8 Å². The SMILES string of the molecule is COc1ccc(CN2CCCC(CO)(Cc3cccc(OC)c3)C2)cc1. The van der Waals surface area contributed by atoms with Gasteiger partial charge in [-0.25, -0.2) is 0 Å². The third kappa shape index (κ3) is 4.57. The third-order valence-corrected chi connectivity index (χ3v) is 5.35. The molecule has 0 amide bonds. The number of piperidine rings is 1. The summed E-state index contributed by atoms with van der Waals surface area (Å²) in [6, 6.07) is 16.5. The van der Waals surface area contributed by atoms with Gasteiger partial charge >= 0.3 is 0 Å². The molecule has 1 aliphatic heterocycles. The number of ether oxygens (including phenoxy) is 2. The highest BCUT2D eigenvalue weighted by molar-refractivity contribution is 5.30. The van der Waals surface area contributed by atoms with Crippen molar-refractivity contribution in [2.24, 2.45) is 5.41 Å². The van der Waals surface area contributed by atoms with Crippen molar-refractivity contribution in [3.05, 3.63) is 59.7 Å². The number of methoxy groups -OCH3 is 2. The molecule has 1 atom stereocenters. The maximum atomic E-state index is 10.2. The minimum Gasteiger partial charge on any atom is -0.497 e. The molecule has 1 N–H and O–H groups in total. The van der Waals surface area contributed by atoms with Crippen LogP contribution in [0.15, 0.2) is 48.5 Å².